The second-order valence-electron chi connectivity index (χ2n) is 8.39. The molecule has 4 aromatic carbocycles. The SMILES string of the molecule is N#Cc1ccc2c(c1)C1(C(=O)C=Cc3ccccc31)C(c1ccccc1)=C2c1ccccc1. The lowest BCUT2D eigenvalue weighted by atomic mass is 9.63. The van der Waals surface area contributed by atoms with Gasteiger partial charge in [-0.3, -0.25) is 4.79 Å². The van der Waals surface area contributed by atoms with Crippen molar-refractivity contribution in [1.82, 2.24) is 0 Å². The van der Waals surface area contributed by atoms with Crippen molar-refractivity contribution in [2.75, 3.05) is 0 Å². The van der Waals surface area contributed by atoms with Crippen LogP contribution in [0.5, 0.6) is 0 Å². The largest absolute Gasteiger partial charge is 0.293 e. The van der Waals surface area contributed by atoms with Crippen molar-refractivity contribution in [3.63, 3.8) is 0 Å². The molecular formula is C31H19NO. The van der Waals surface area contributed by atoms with Crippen LogP contribution in [-0.4, -0.2) is 5.78 Å². The Hall–Kier alpha value is -4.48. The van der Waals surface area contributed by atoms with Gasteiger partial charge in [0.15, 0.2) is 5.78 Å². The summed E-state index contributed by atoms with van der Waals surface area (Å²) < 4.78 is 0. The number of benzene rings is 4. The van der Waals surface area contributed by atoms with Gasteiger partial charge in [-0.1, -0.05) is 97.1 Å². The lowest BCUT2D eigenvalue weighted by molar-refractivity contribution is -0.116. The maximum atomic E-state index is 14.1. The number of nitriles is 1. The number of carbonyl (C=O) groups is 1. The molecule has 0 bridgehead atoms. The normalized spacial score (nSPS) is 18.2. The van der Waals surface area contributed by atoms with Gasteiger partial charge >= 0.3 is 0 Å². The zero-order valence-electron chi connectivity index (χ0n) is 17.8. The summed E-state index contributed by atoms with van der Waals surface area (Å²) in [5, 5.41) is 9.72. The quantitative estimate of drug-likeness (QED) is 0.375. The van der Waals surface area contributed by atoms with Gasteiger partial charge in [-0.05, 0) is 62.7 Å². The van der Waals surface area contributed by atoms with E-state index in [0.717, 1.165) is 44.5 Å². The van der Waals surface area contributed by atoms with Crippen LogP contribution >= 0.6 is 0 Å². The molecule has 0 heterocycles. The molecule has 0 amide bonds. The monoisotopic (exact) mass is 421 g/mol. The van der Waals surface area contributed by atoms with E-state index in [9.17, 15) is 10.1 Å². The van der Waals surface area contributed by atoms with Gasteiger partial charge in [-0.25, -0.2) is 0 Å². The molecule has 1 atom stereocenters. The number of nitrogens with zero attached hydrogens (tertiary/aromatic N) is 1. The fraction of sp³-hybridized carbons (Fsp3) is 0.0323. The summed E-state index contributed by atoms with van der Waals surface area (Å²) in [4.78, 5) is 14.1. The van der Waals surface area contributed by atoms with Crippen molar-refractivity contribution >= 4 is 23.0 Å². The molecule has 0 radical (unpaired) electrons. The standard InChI is InChI=1S/C31H19NO/c32-20-21-15-17-25-27(19-21)31(26-14-8-7-9-22(26)16-18-28(31)33)30(24-12-5-2-6-13-24)29(25)23-10-3-1-4-11-23/h1-19H. The topological polar surface area (TPSA) is 40.9 Å². The predicted molar refractivity (Wildman–Crippen MR) is 131 cm³/mol. The van der Waals surface area contributed by atoms with Crippen molar-refractivity contribution < 1.29 is 4.79 Å². The van der Waals surface area contributed by atoms with Crippen LogP contribution in [0.1, 0.15) is 38.9 Å². The molecular weight excluding hydrogens is 402 g/mol. The Bertz CT molecular complexity index is 1520. The van der Waals surface area contributed by atoms with Gasteiger partial charge in [-0.15, -0.1) is 0 Å². The van der Waals surface area contributed by atoms with E-state index in [2.05, 4.69) is 42.5 Å². The number of carbonyl (C=O) groups excluding carboxylic acids is 1. The van der Waals surface area contributed by atoms with Crippen molar-refractivity contribution in [2.24, 2.45) is 0 Å². The zero-order valence-corrected chi connectivity index (χ0v) is 17.8. The first-order valence-corrected chi connectivity index (χ1v) is 11.0. The summed E-state index contributed by atoms with van der Waals surface area (Å²) in [7, 11) is 0. The minimum Gasteiger partial charge on any atom is -0.293 e. The van der Waals surface area contributed by atoms with E-state index < -0.39 is 5.41 Å². The first-order valence-electron chi connectivity index (χ1n) is 11.0. The summed E-state index contributed by atoms with van der Waals surface area (Å²) in [6.45, 7) is 0. The first-order chi connectivity index (χ1) is 16.2. The van der Waals surface area contributed by atoms with Crippen molar-refractivity contribution in [1.29, 1.82) is 5.26 Å². The highest BCUT2D eigenvalue weighted by Crippen LogP contribution is 2.58. The van der Waals surface area contributed by atoms with Gasteiger partial charge in [0.05, 0.1) is 11.6 Å². The van der Waals surface area contributed by atoms with E-state index in [4.69, 9.17) is 0 Å². The van der Waals surface area contributed by atoms with Crippen LogP contribution in [0.15, 0.2) is 109 Å². The number of hydrogen-bond donors (Lipinski definition) is 0. The van der Waals surface area contributed by atoms with Gasteiger partial charge in [-0.2, -0.15) is 5.26 Å². The Kier molecular flexibility index (Phi) is 4.25. The molecule has 6 rings (SSSR count). The number of fused-ring (bicyclic) bond motifs is 4. The maximum Gasteiger partial charge on any atom is 0.175 e. The molecule has 1 unspecified atom stereocenters. The zero-order chi connectivity index (χ0) is 22.4. The lowest BCUT2D eigenvalue weighted by Gasteiger charge is -2.36. The Labute approximate surface area is 192 Å². The summed E-state index contributed by atoms with van der Waals surface area (Å²) in [5.74, 6) is 0.0160. The van der Waals surface area contributed by atoms with E-state index in [1.807, 2.05) is 72.8 Å². The van der Waals surface area contributed by atoms with E-state index in [-0.39, 0.29) is 5.78 Å². The molecule has 2 nitrogen and oxygen atoms in total. The second kappa shape index (κ2) is 7.29. The fourth-order valence-electron chi connectivity index (χ4n) is 5.41. The molecule has 2 aliphatic carbocycles. The molecule has 0 aliphatic heterocycles. The van der Waals surface area contributed by atoms with Gasteiger partial charge in [0.25, 0.3) is 0 Å². The van der Waals surface area contributed by atoms with Crippen LogP contribution in [0.2, 0.25) is 0 Å². The van der Waals surface area contributed by atoms with Gasteiger partial charge < -0.3 is 0 Å². The fourth-order valence-corrected chi connectivity index (χ4v) is 5.41. The molecule has 1 spiro atoms. The number of allylic oxidation sites excluding steroid dienone is 2. The molecule has 0 fully saturated rings. The highest BCUT2D eigenvalue weighted by molar-refractivity contribution is 6.24. The van der Waals surface area contributed by atoms with Crippen LogP contribution in [-0.2, 0) is 10.2 Å². The Balaban J connectivity index is 1.84. The van der Waals surface area contributed by atoms with Crippen LogP contribution in [0.4, 0.5) is 0 Å². The first kappa shape index (κ1) is 19.2. The van der Waals surface area contributed by atoms with Crippen molar-refractivity contribution in [2.45, 2.75) is 5.41 Å². The highest BCUT2D eigenvalue weighted by atomic mass is 16.1. The molecule has 2 aliphatic rings. The number of hydrogen-bond acceptors (Lipinski definition) is 2. The van der Waals surface area contributed by atoms with Crippen LogP contribution < -0.4 is 0 Å². The number of rotatable bonds is 2. The molecule has 0 N–H and O–H groups in total. The third-order valence-electron chi connectivity index (χ3n) is 6.72. The second-order valence-corrected chi connectivity index (χ2v) is 8.39. The summed E-state index contributed by atoms with van der Waals surface area (Å²) in [6, 6.07) is 36.5. The van der Waals surface area contributed by atoms with E-state index in [0.29, 0.717) is 5.56 Å². The average molecular weight is 421 g/mol. The summed E-state index contributed by atoms with van der Waals surface area (Å²) in [6.07, 6.45) is 3.60. The van der Waals surface area contributed by atoms with E-state index in [1.165, 1.54) is 0 Å². The van der Waals surface area contributed by atoms with Gasteiger partial charge in [0.1, 0.15) is 5.41 Å². The van der Waals surface area contributed by atoms with Gasteiger partial charge in [0, 0.05) is 0 Å². The average Bonchev–Trinajstić information content (AvgIpc) is 3.18. The molecule has 4 aromatic rings. The van der Waals surface area contributed by atoms with E-state index in [1.54, 1.807) is 6.08 Å². The summed E-state index contributed by atoms with van der Waals surface area (Å²) >= 11 is 0. The third-order valence-corrected chi connectivity index (χ3v) is 6.72. The molecule has 2 heteroatoms. The predicted octanol–water partition coefficient (Wildman–Crippen LogP) is 6.41. The van der Waals surface area contributed by atoms with Crippen LogP contribution in [0, 0.1) is 11.3 Å². The molecule has 0 saturated carbocycles. The third kappa shape index (κ3) is 2.63. The Morgan fingerprint density at radius 2 is 1.33 bits per heavy atom. The Morgan fingerprint density at radius 3 is 2.06 bits per heavy atom. The smallest absolute Gasteiger partial charge is 0.175 e. The van der Waals surface area contributed by atoms with Crippen LogP contribution in [0.25, 0.3) is 17.2 Å². The van der Waals surface area contributed by atoms with E-state index >= 15 is 0 Å². The summed E-state index contributed by atoms with van der Waals surface area (Å²) in [5.41, 5.74) is 7.46. The minimum atomic E-state index is -1.01. The maximum absolute atomic E-state index is 14.1. The molecule has 33 heavy (non-hydrogen) atoms. The van der Waals surface area contributed by atoms with Crippen molar-refractivity contribution in [3.8, 4) is 6.07 Å². The minimum absolute atomic E-state index is 0.0160. The Morgan fingerprint density at radius 1 is 0.667 bits per heavy atom. The van der Waals surface area contributed by atoms with Gasteiger partial charge in [0.2, 0.25) is 0 Å². The van der Waals surface area contributed by atoms with Crippen molar-refractivity contribution in [3.05, 3.63) is 148 Å². The molecule has 0 aromatic heterocycles. The highest BCUT2D eigenvalue weighted by Gasteiger charge is 2.53. The number of ketones is 1. The molecule has 0 saturated heterocycles. The lowest BCUT2D eigenvalue weighted by Crippen LogP contribution is -2.38. The van der Waals surface area contributed by atoms with Crippen LogP contribution in [0.3, 0.4) is 0 Å². The molecule has 154 valence electrons.